The van der Waals surface area contributed by atoms with E-state index < -0.39 is 10.9 Å². The molecule has 0 amide bonds. The summed E-state index contributed by atoms with van der Waals surface area (Å²) in [5.74, 6) is -0.255. The zero-order valence-electron chi connectivity index (χ0n) is 12.8. The molecule has 10 heteroatoms. The van der Waals surface area contributed by atoms with Crippen molar-refractivity contribution in [1.82, 2.24) is 19.7 Å². The van der Waals surface area contributed by atoms with Gasteiger partial charge in [0.15, 0.2) is 5.82 Å². The number of pyridine rings is 1. The fourth-order valence-corrected chi connectivity index (χ4v) is 2.34. The number of nitro groups is 1. The highest BCUT2D eigenvalue weighted by atomic mass is 35.5. The van der Waals surface area contributed by atoms with Crippen molar-refractivity contribution in [1.29, 1.82) is 0 Å². The second-order valence-electron chi connectivity index (χ2n) is 4.96. The number of nitrogens with zero attached hydrogens (tertiary/aromatic N) is 5. The van der Waals surface area contributed by atoms with E-state index in [9.17, 15) is 14.9 Å². The largest absolute Gasteiger partial charge is 0.422 e. The summed E-state index contributed by atoms with van der Waals surface area (Å²) in [7, 11) is 0. The van der Waals surface area contributed by atoms with Crippen molar-refractivity contribution in [3.8, 4) is 11.6 Å². The molecule has 0 saturated heterocycles. The van der Waals surface area contributed by atoms with Crippen molar-refractivity contribution in [3.63, 3.8) is 0 Å². The molecule has 0 unspecified atom stereocenters. The Morgan fingerprint density at radius 3 is 2.84 bits per heavy atom. The lowest BCUT2D eigenvalue weighted by molar-refractivity contribution is -0.384. The molecular formula is C15H10ClN5O4. The smallest absolute Gasteiger partial charge is 0.343 e. The zero-order chi connectivity index (χ0) is 18.0. The molecule has 0 radical (unpaired) electrons. The molecule has 126 valence electrons. The van der Waals surface area contributed by atoms with Crippen molar-refractivity contribution in [2.75, 3.05) is 0 Å². The van der Waals surface area contributed by atoms with Gasteiger partial charge in [0.2, 0.25) is 0 Å². The van der Waals surface area contributed by atoms with Gasteiger partial charge in [0, 0.05) is 6.20 Å². The third-order valence-corrected chi connectivity index (χ3v) is 3.58. The summed E-state index contributed by atoms with van der Waals surface area (Å²) in [4.78, 5) is 30.6. The van der Waals surface area contributed by atoms with Gasteiger partial charge in [0.1, 0.15) is 23.4 Å². The molecule has 0 spiro atoms. The normalized spacial score (nSPS) is 10.5. The van der Waals surface area contributed by atoms with Gasteiger partial charge in [-0.2, -0.15) is 5.10 Å². The van der Waals surface area contributed by atoms with Gasteiger partial charge < -0.3 is 4.74 Å². The number of hydrogen-bond donors (Lipinski definition) is 0. The van der Waals surface area contributed by atoms with Crippen LogP contribution in [-0.4, -0.2) is 30.6 Å². The Hall–Kier alpha value is -3.33. The predicted molar refractivity (Wildman–Crippen MR) is 87.0 cm³/mol. The first-order valence-electron chi connectivity index (χ1n) is 6.93. The van der Waals surface area contributed by atoms with Crippen LogP contribution in [0.4, 0.5) is 5.69 Å². The number of carbonyl (C=O) groups is 1. The van der Waals surface area contributed by atoms with Crippen molar-refractivity contribution in [2.24, 2.45) is 0 Å². The van der Waals surface area contributed by atoms with Crippen molar-refractivity contribution >= 4 is 23.3 Å². The van der Waals surface area contributed by atoms with Gasteiger partial charge in [0.05, 0.1) is 16.6 Å². The summed E-state index contributed by atoms with van der Waals surface area (Å²) in [6.45, 7) is 1.63. The molecule has 3 rings (SSSR count). The Bertz CT molecular complexity index is 959. The molecule has 0 atom stereocenters. The molecule has 2 heterocycles. The molecule has 0 aliphatic rings. The van der Waals surface area contributed by atoms with Gasteiger partial charge >= 0.3 is 5.97 Å². The van der Waals surface area contributed by atoms with E-state index in [1.54, 1.807) is 6.92 Å². The number of aryl methyl sites for hydroxylation is 1. The number of halogens is 1. The number of aromatic nitrogens is 4. The van der Waals surface area contributed by atoms with E-state index in [-0.39, 0.29) is 22.0 Å². The number of hydrogen-bond acceptors (Lipinski definition) is 7. The highest BCUT2D eigenvalue weighted by Gasteiger charge is 2.19. The first-order valence-corrected chi connectivity index (χ1v) is 7.31. The highest BCUT2D eigenvalue weighted by Crippen LogP contribution is 2.32. The number of carbonyl (C=O) groups excluding carboxylic acids is 1. The summed E-state index contributed by atoms with van der Waals surface area (Å²) in [6.07, 6.45) is 4.19. The predicted octanol–water partition coefficient (Wildman–Crippen LogP) is 2.75. The van der Waals surface area contributed by atoms with Gasteiger partial charge in [-0.15, -0.1) is 0 Å². The molecule has 0 bridgehead atoms. The number of rotatable bonds is 4. The Morgan fingerprint density at radius 2 is 2.16 bits per heavy atom. The van der Waals surface area contributed by atoms with E-state index in [1.165, 1.54) is 41.7 Å². The van der Waals surface area contributed by atoms with Crippen LogP contribution in [0, 0.1) is 17.0 Å². The third-order valence-electron chi connectivity index (χ3n) is 3.28. The van der Waals surface area contributed by atoms with Crippen LogP contribution in [0.15, 0.2) is 43.1 Å². The molecule has 0 saturated carbocycles. The van der Waals surface area contributed by atoms with Crippen LogP contribution < -0.4 is 4.74 Å². The van der Waals surface area contributed by atoms with Gasteiger partial charge in [0.25, 0.3) is 5.69 Å². The van der Waals surface area contributed by atoms with E-state index in [4.69, 9.17) is 16.3 Å². The lowest BCUT2D eigenvalue weighted by atomic mass is 10.2. The molecule has 0 aliphatic heterocycles. The van der Waals surface area contributed by atoms with Crippen LogP contribution in [0.3, 0.4) is 0 Å². The zero-order valence-corrected chi connectivity index (χ0v) is 13.5. The number of ether oxygens (including phenoxy) is 1. The molecule has 9 nitrogen and oxygen atoms in total. The standard InChI is InChI=1S/C15H10ClN5O4/c1-9-4-11(16)12(21(23)24)6-13(9)25-15(22)10-2-3-18-14(5-10)20-8-17-7-19-20/h2-8H,1H3. The molecule has 1 aromatic carbocycles. The van der Waals surface area contributed by atoms with Crippen molar-refractivity contribution in [3.05, 3.63) is 69.4 Å². The molecule has 3 aromatic rings. The summed E-state index contributed by atoms with van der Waals surface area (Å²) >= 11 is 5.82. The van der Waals surface area contributed by atoms with E-state index in [1.807, 2.05) is 0 Å². The number of nitro benzene ring substituents is 1. The van der Waals surface area contributed by atoms with E-state index >= 15 is 0 Å². The maximum Gasteiger partial charge on any atom is 0.343 e. The number of benzene rings is 1. The lowest BCUT2D eigenvalue weighted by Gasteiger charge is -2.09. The quantitative estimate of drug-likeness (QED) is 0.304. The maximum absolute atomic E-state index is 12.4. The maximum atomic E-state index is 12.4. The Balaban J connectivity index is 1.89. The van der Waals surface area contributed by atoms with Crippen molar-refractivity contribution < 1.29 is 14.5 Å². The second kappa shape index (κ2) is 6.65. The second-order valence-corrected chi connectivity index (χ2v) is 5.37. The van der Waals surface area contributed by atoms with Crippen molar-refractivity contribution in [2.45, 2.75) is 6.92 Å². The van der Waals surface area contributed by atoms with Crippen LogP contribution >= 0.6 is 11.6 Å². The first-order chi connectivity index (χ1) is 12.0. The Kier molecular flexibility index (Phi) is 4.40. The van der Waals surface area contributed by atoms with Crippen LogP contribution in [0.5, 0.6) is 5.75 Å². The summed E-state index contributed by atoms with van der Waals surface area (Å²) < 4.78 is 6.66. The molecular weight excluding hydrogens is 350 g/mol. The summed E-state index contributed by atoms with van der Waals surface area (Å²) in [5.41, 5.74) is 0.361. The van der Waals surface area contributed by atoms with Gasteiger partial charge in [-0.3, -0.25) is 10.1 Å². The average Bonchev–Trinajstić information content (AvgIpc) is 3.11. The molecule has 2 aromatic heterocycles. The highest BCUT2D eigenvalue weighted by molar-refractivity contribution is 6.32. The summed E-state index contributed by atoms with van der Waals surface area (Å²) in [5, 5.41) is 14.9. The summed E-state index contributed by atoms with van der Waals surface area (Å²) in [6, 6.07) is 5.42. The lowest BCUT2D eigenvalue weighted by Crippen LogP contribution is -2.11. The number of esters is 1. The molecule has 0 fully saturated rings. The SMILES string of the molecule is Cc1cc(Cl)c([N+](=O)[O-])cc1OC(=O)c1ccnc(-n2cncn2)c1. The fraction of sp³-hybridized carbons (Fsp3) is 0.0667. The van der Waals surface area contributed by atoms with Gasteiger partial charge in [-0.1, -0.05) is 11.6 Å². The monoisotopic (exact) mass is 359 g/mol. The van der Waals surface area contributed by atoms with Crippen LogP contribution in [0.25, 0.3) is 5.82 Å². The average molecular weight is 360 g/mol. The minimum absolute atomic E-state index is 0.0281. The molecule has 0 N–H and O–H groups in total. The Labute approximate surface area is 146 Å². The van der Waals surface area contributed by atoms with Crippen LogP contribution in [-0.2, 0) is 0 Å². The van der Waals surface area contributed by atoms with E-state index in [0.29, 0.717) is 11.4 Å². The molecule has 0 aliphatic carbocycles. The topological polar surface area (TPSA) is 113 Å². The van der Waals surface area contributed by atoms with Crippen LogP contribution in [0.1, 0.15) is 15.9 Å². The van der Waals surface area contributed by atoms with E-state index in [0.717, 1.165) is 6.07 Å². The van der Waals surface area contributed by atoms with Gasteiger partial charge in [-0.05, 0) is 30.7 Å². The molecule has 25 heavy (non-hydrogen) atoms. The first kappa shape index (κ1) is 16.5. The fourth-order valence-electron chi connectivity index (χ4n) is 2.05. The van der Waals surface area contributed by atoms with Crippen LogP contribution in [0.2, 0.25) is 5.02 Å². The minimum Gasteiger partial charge on any atom is -0.422 e. The van der Waals surface area contributed by atoms with Gasteiger partial charge in [-0.25, -0.2) is 19.4 Å². The Morgan fingerprint density at radius 1 is 1.36 bits per heavy atom. The third kappa shape index (κ3) is 3.45. The van der Waals surface area contributed by atoms with E-state index in [2.05, 4.69) is 15.1 Å². The minimum atomic E-state index is -0.691.